The van der Waals surface area contributed by atoms with Gasteiger partial charge in [-0.15, -0.1) is 0 Å². The highest BCUT2D eigenvalue weighted by Gasteiger charge is 2.44. The van der Waals surface area contributed by atoms with Gasteiger partial charge in [0.05, 0.1) is 11.0 Å². The Morgan fingerprint density at radius 1 is 0.456 bits per heavy atom. The van der Waals surface area contributed by atoms with Gasteiger partial charge >= 0.3 is 0 Å². The largest absolute Gasteiger partial charge is 0.310 e. The number of fused-ring (bicyclic) bond motifs is 7. The maximum absolute atomic E-state index is 3.98. The summed E-state index contributed by atoms with van der Waals surface area (Å²) in [5.41, 5.74) is 21.8. The number of nitrogens with zero attached hydrogens (tertiary/aromatic N) is 2. The maximum Gasteiger partial charge on any atom is 0.0541 e. The molecule has 0 radical (unpaired) electrons. The van der Waals surface area contributed by atoms with Gasteiger partial charge < -0.3 is 9.47 Å². The van der Waals surface area contributed by atoms with Crippen molar-refractivity contribution in [1.82, 2.24) is 4.57 Å². The maximum atomic E-state index is 3.98. The zero-order valence-electron chi connectivity index (χ0n) is 45.0. The van der Waals surface area contributed by atoms with Gasteiger partial charge in [-0.1, -0.05) is 240 Å². The highest BCUT2D eigenvalue weighted by atomic mass is 15.1. The highest BCUT2D eigenvalue weighted by Crippen LogP contribution is 2.56. The Kier molecular flexibility index (Phi) is 13.3. The molecule has 1 aromatic heterocycles. The number of rotatable bonds is 17. The van der Waals surface area contributed by atoms with Crippen molar-refractivity contribution in [2.75, 3.05) is 4.90 Å². The number of unbranched alkanes of at least 4 members (excludes halogenated alkanes) is 1. The summed E-state index contributed by atoms with van der Waals surface area (Å²) in [7, 11) is 0. The quantitative estimate of drug-likeness (QED) is 0.0825. The van der Waals surface area contributed by atoms with E-state index in [1.807, 2.05) is 12.2 Å². The zero-order chi connectivity index (χ0) is 53.3. The second kappa shape index (κ2) is 21.3. The number of para-hydroxylation sites is 1. The fraction of sp³-hybridized carbons (Fsp3) is 0.117. The van der Waals surface area contributed by atoms with Crippen LogP contribution >= 0.6 is 0 Å². The standard InChI is InChI=1S/C77H64N2/c1-4-54-28-30-57(31-29-54)49-56(6-3)19-17-18-48-77(64-22-9-7-10-23-64)73-27-16-15-26-69(73)70-45-44-68(53-74(70)77)78(67-43-38-58-20-13-14-21-61(58)50-67)66-41-36-60(37-42-66)63-40-47-76-72(52-63)71-51-62(59-34-32-55(5-2)33-35-59)39-46-75(71)79(76)65-24-11-8-12-25-65/h4-5,7-16,20-47,50-53,56H,1-2,6,17-19,48-49H2,3H3/t56?,77-/m1/s1. The topological polar surface area (TPSA) is 8.17 Å². The average molecular weight is 1020 g/mol. The van der Waals surface area contributed by atoms with Gasteiger partial charge in [-0.05, 0) is 169 Å². The molecule has 1 aliphatic rings. The minimum absolute atomic E-state index is 0.316. The molecular formula is C77H64N2. The summed E-state index contributed by atoms with van der Waals surface area (Å²) in [4.78, 5) is 2.47. The van der Waals surface area contributed by atoms with E-state index in [0.717, 1.165) is 47.6 Å². The summed E-state index contributed by atoms with van der Waals surface area (Å²) >= 11 is 0. The Morgan fingerprint density at radius 3 is 1.67 bits per heavy atom. The lowest BCUT2D eigenvalue weighted by Crippen LogP contribution is -2.27. The number of hydrogen-bond donors (Lipinski definition) is 0. The zero-order valence-corrected chi connectivity index (χ0v) is 45.0. The van der Waals surface area contributed by atoms with Crippen LogP contribution in [0.3, 0.4) is 0 Å². The number of aromatic nitrogens is 1. The van der Waals surface area contributed by atoms with Crippen LogP contribution in [0.4, 0.5) is 17.1 Å². The van der Waals surface area contributed by atoms with Crippen molar-refractivity contribution < 1.29 is 0 Å². The molecule has 13 rings (SSSR count). The van der Waals surface area contributed by atoms with E-state index in [-0.39, 0.29) is 5.41 Å². The van der Waals surface area contributed by atoms with E-state index >= 15 is 0 Å². The molecule has 11 aromatic carbocycles. The van der Waals surface area contributed by atoms with Gasteiger partial charge in [0, 0.05) is 38.9 Å². The van der Waals surface area contributed by atoms with Gasteiger partial charge in [0.15, 0.2) is 0 Å². The van der Waals surface area contributed by atoms with E-state index in [9.17, 15) is 0 Å². The number of anilines is 3. The molecule has 1 aliphatic carbocycles. The summed E-state index contributed by atoms with van der Waals surface area (Å²) in [5, 5.41) is 4.90. The molecule has 0 bridgehead atoms. The first-order valence-corrected chi connectivity index (χ1v) is 28.3. The SMILES string of the molecule is C=Cc1ccc(CC(CC)CCCC[C@@]2(c3ccccc3)c3ccccc3-c3ccc(N(c4ccc(-c5ccc6c(c5)c5cc(-c7ccc(C=C)cc7)ccc5n6-c5ccccc5)cc4)c4ccc5ccccc5c4)cc32)cc1. The Balaban J connectivity index is 0.891. The van der Waals surface area contributed by atoms with Gasteiger partial charge in [0.2, 0.25) is 0 Å². The molecule has 1 unspecified atom stereocenters. The van der Waals surface area contributed by atoms with Crippen molar-refractivity contribution in [2.45, 2.75) is 50.9 Å². The molecule has 12 aromatic rings. The normalized spacial score (nSPS) is 14.0. The Bertz CT molecular complexity index is 4170. The van der Waals surface area contributed by atoms with Crippen LogP contribution in [0.1, 0.15) is 72.4 Å². The summed E-state index contributed by atoms with van der Waals surface area (Å²) in [6, 6.07) is 95.0. The van der Waals surface area contributed by atoms with E-state index in [0.29, 0.717) is 5.92 Å². The summed E-state index contributed by atoms with van der Waals surface area (Å²) in [6.07, 6.45) is 10.7. The molecule has 382 valence electrons. The van der Waals surface area contributed by atoms with Crippen molar-refractivity contribution in [2.24, 2.45) is 5.92 Å². The minimum atomic E-state index is -0.316. The van der Waals surface area contributed by atoms with E-state index in [1.54, 1.807) is 0 Å². The van der Waals surface area contributed by atoms with Gasteiger partial charge in [-0.2, -0.15) is 0 Å². The lowest BCUT2D eigenvalue weighted by molar-refractivity contribution is 0.423. The summed E-state index contributed by atoms with van der Waals surface area (Å²) < 4.78 is 2.40. The molecule has 79 heavy (non-hydrogen) atoms. The van der Waals surface area contributed by atoms with Crippen molar-refractivity contribution in [1.29, 1.82) is 0 Å². The highest BCUT2D eigenvalue weighted by molar-refractivity contribution is 6.11. The molecule has 0 saturated heterocycles. The molecule has 0 amide bonds. The summed E-state index contributed by atoms with van der Waals surface area (Å²) in [5.74, 6) is 0.642. The second-order valence-electron chi connectivity index (χ2n) is 21.6. The molecule has 0 N–H and O–H groups in total. The molecule has 2 nitrogen and oxygen atoms in total. The lowest BCUT2D eigenvalue weighted by Gasteiger charge is -2.34. The predicted molar refractivity (Wildman–Crippen MR) is 338 cm³/mol. The summed E-state index contributed by atoms with van der Waals surface area (Å²) in [6.45, 7) is 10.3. The van der Waals surface area contributed by atoms with Crippen molar-refractivity contribution in [3.05, 3.63) is 301 Å². The fourth-order valence-electron chi connectivity index (χ4n) is 13.0. The fourth-order valence-corrected chi connectivity index (χ4v) is 13.0. The molecule has 0 fully saturated rings. The van der Waals surface area contributed by atoms with Crippen LogP contribution in [0.5, 0.6) is 0 Å². The third-order valence-electron chi connectivity index (χ3n) is 17.1. The van der Waals surface area contributed by atoms with Crippen molar-refractivity contribution in [3.63, 3.8) is 0 Å². The first kappa shape index (κ1) is 49.3. The van der Waals surface area contributed by atoms with E-state index in [4.69, 9.17) is 0 Å². The molecule has 0 aliphatic heterocycles. The molecule has 0 spiro atoms. The number of hydrogen-bond acceptors (Lipinski definition) is 1. The van der Waals surface area contributed by atoms with E-state index in [2.05, 4.69) is 284 Å². The molecule has 0 saturated carbocycles. The third kappa shape index (κ3) is 9.18. The molecule has 2 heteroatoms. The van der Waals surface area contributed by atoms with Gasteiger partial charge in [-0.25, -0.2) is 0 Å². The smallest absolute Gasteiger partial charge is 0.0541 e. The lowest BCUT2D eigenvalue weighted by atomic mass is 9.69. The Morgan fingerprint density at radius 2 is 1.00 bits per heavy atom. The molecular weight excluding hydrogens is 953 g/mol. The van der Waals surface area contributed by atoms with E-state index in [1.165, 1.54) is 113 Å². The van der Waals surface area contributed by atoms with Gasteiger partial charge in [0.25, 0.3) is 0 Å². The molecule has 1 heterocycles. The van der Waals surface area contributed by atoms with Crippen molar-refractivity contribution >= 4 is 61.8 Å². The van der Waals surface area contributed by atoms with Crippen LogP contribution in [0.25, 0.3) is 83.8 Å². The second-order valence-corrected chi connectivity index (χ2v) is 21.6. The monoisotopic (exact) mass is 1020 g/mol. The predicted octanol–water partition coefficient (Wildman–Crippen LogP) is 21.2. The van der Waals surface area contributed by atoms with Gasteiger partial charge in [0.1, 0.15) is 0 Å². The third-order valence-corrected chi connectivity index (χ3v) is 17.1. The average Bonchev–Trinajstić information content (AvgIpc) is 3.61. The van der Waals surface area contributed by atoms with Crippen LogP contribution < -0.4 is 4.90 Å². The van der Waals surface area contributed by atoms with Crippen LogP contribution in [-0.2, 0) is 11.8 Å². The Hall–Kier alpha value is -9.24. The number of benzene rings is 11. The van der Waals surface area contributed by atoms with Gasteiger partial charge in [-0.3, -0.25) is 0 Å². The minimum Gasteiger partial charge on any atom is -0.310 e. The van der Waals surface area contributed by atoms with Crippen LogP contribution in [0.15, 0.2) is 268 Å². The first-order chi connectivity index (χ1) is 39.0. The van der Waals surface area contributed by atoms with E-state index < -0.39 is 0 Å². The Labute approximate surface area is 465 Å². The van der Waals surface area contributed by atoms with Crippen molar-refractivity contribution in [3.8, 4) is 39.1 Å². The van der Waals surface area contributed by atoms with Crippen LogP contribution in [0.2, 0.25) is 0 Å². The first-order valence-electron chi connectivity index (χ1n) is 28.3. The molecule has 2 atom stereocenters. The van der Waals surface area contributed by atoms with Crippen LogP contribution in [0, 0.1) is 5.92 Å². The van der Waals surface area contributed by atoms with Crippen LogP contribution in [-0.4, -0.2) is 4.57 Å².